The number of carbonyl (C=O) groups excluding carboxylic acids is 2. The lowest BCUT2D eigenvalue weighted by molar-refractivity contribution is 0.0636. The first-order chi connectivity index (χ1) is 12.5. The first-order valence-corrected chi connectivity index (χ1v) is 9.06. The van der Waals surface area contributed by atoms with Crippen molar-refractivity contribution in [3.8, 4) is 0 Å². The van der Waals surface area contributed by atoms with Gasteiger partial charge in [0.1, 0.15) is 5.82 Å². The molecule has 1 aromatic heterocycles. The minimum absolute atomic E-state index is 0.0473. The molecule has 0 unspecified atom stereocenters. The quantitative estimate of drug-likeness (QED) is 0.771. The summed E-state index contributed by atoms with van der Waals surface area (Å²) in [5.41, 5.74) is 1.15. The molecular formula is C20H22ClN3O2. The van der Waals surface area contributed by atoms with Crippen LogP contribution in [0.4, 0.5) is 5.82 Å². The number of rotatable bonds is 4. The average molecular weight is 372 g/mol. The Morgan fingerprint density at radius 2 is 2.00 bits per heavy atom. The van der Waals surface area contributed by atoms with Gasteiger partial charge in [0, 0.05) is 49.9 Å². The summed E-state index contributed by atoms with van der Waals surface area (Å²) in [7, 11) is 3.81. The molecule has 136 valence electrons. The normalized spacial score (nSPS) is 17.0. The third kappa shape index (κ3) is 4.05. The summed E-state index contributed by atoms with van der Waals surface area (Å²) in [5.74, 6) is 0.576. The molecule has 26 heavy (non-hydrogen) atoms. The van der Waals surface area contributed by atoms with Crippen LogP contribution in [-0.4, -0.2) is 48.8 Å². The third-order valence-electron chi connectivity index (χ3n) is 4.64. The predicted molar refractivity (Wildman–Crippen MR) is 103 cm³/mol. The molecule has 2 aromatic rings. The molecule has 2 heterocycles. The van der Waals surface area contributed by atoms with Crippen LogP contribution in [0.2, 0.25) is 5.02 Å². The van der Waals surface area contributed by atoms with Crippen LogP contribution in [0.15, 0.2) is 42.6 Å². The molecule has 3 rings (SSSR count). The fourth-order valence-corrected chi connectivity index (χ4v) is 3.40. The number of pyridine rings is 1. The summed E-state index contributed by atoms with van der Waals surface area (Å²) in [4.78, 5) is 33.5. The van der Waals surface area contributed by atoms with Crippen LogP contribution in [0.25, 0.3) is 0 Å². The van der Waals surface area contributed by atoms with Crippen LogP contribution in [0, 0.1) is 5.92 Å². The van der Waals surface area contributed by atoms with Gasteiger partial charge in [-0.15, -0.1) is 0 Å². The Kier molecular flexibility index (Phi) is 5.57. The van der Waals surface area contributed by atoms with Crippen LogP contribution < -0.4 is 4.90 Å². The second-order valence-corrected chi connectivity index (χ2v) is 7.20. The molecule has 0 aliphatic carbocycles. The zero-order valence-corrected chi connectivity index (χ0v) is 15.7. The van der Waals surface area contributed by atoms with Gasteiger partial charge in [-0.3, -0.25) is 9.59 Å². The fourth-order valence-electron chi connectivity index (χ4n) is 3.21. The van der Waals surface area contributed by atoms with Crippen LogP contribution in [0.1, 0.15) is 33.6 Å². The zero-order chi connectivity index (χ0) is 18.7. The van der Waals surface area contributed by atoms with E-state index in [0.29, 0.717) is 29.2 Å². The van der Waals surface area contributed by atoms with Gasteiger partial charge in [-0.1, -0.05) is 23.7 Å². The van der Waals surface area contributed by atoms with E-state index in [0.717, 1.165) is 18.7 Å². The van der Waals surface area contributed by atoms with Crippen molar-refractivity contribution in [3.63, 3.8) is 0 Å². The minimum Gasteiger partial charge on any atom is -0.363 e. The average Bonchev–Trinajstić information content (AvgIpc) is 2.67. The van der Waals surface area contributed by atoms with Gasteiger partial charge in [0.05, 0.1) is 5.56 Å². The molecule has 1 fully saturated rings. The van der Waals surface area contributed by atoms with Crippen molar-refractivity contribution in [1.29, 1.82) is 0 Å². The molecule has 1 amide bonds. The number of hydrogen-bond acceptors (Lipinski definition) is 4. The number of anilines is 1. The summed E-state index contributed by atoms with van der Waals surface area (Å²) in [6.45, 7) is 1.09. The predicted octanol–water partition coefficient (Wildman–Crippen LogP) is 3.54. The summed E-state index contributed by atoms with van der Waals surface area (Å²) in [5, 5.41) is 0.548. The highest BCUT2D eigenvalue weighted by atomic mass is 35.5. The van der Waals surface area contributed by atoms with E-state index in [9.17, 15) is 9.59 Å². The molecule has 1 saturated heterocycles. The van der Waals surface area contributed by atoms with Crippen molar-refractivity contribution in [2.75, 3.05) is 32.1 Å². The molecule has 1 aliphatic heterocycles. The van der Waals surface area contributed by atoms with Crippen LogP contribution in [-0.2, 0) is 0 Å². The van der Waals surface area contributed by atoms with E-state index < -0.39 is 0 Å². The Balaban J connectivity index is 1.71. The van der Waals surface area contributed by atoms with E-state index in [2.05, 4.69) is 4.98 Å². The molecule has 0 N–H and O–H groups in total. The van der Waals surface area contributed by atoms with E-state index in [-0.39, 0.29) is 17.6 Å². The van der Waals surface area contributed by atoms with Crippen molar-refractivity contribution in [2.24, 2.45) is 5.92 Å². The van der Waals surface area contributed by atoms with E-state index in [4.69, 9.17) is 11.6 Å². The van der Waals surface area contributed by atoms with Gasteiger partial charge in [0.15, 0.2) is 5.78 Å². The molecule has 0 saturated carbocycles. The van der Waals surface area contributed by atoms with Gasteiger partial charge in [0.2, 0.25) is 0 Å². The van der Waals surface area contributed by atoms with Gasteiger partial charge in [-0.25, -0.2) is 4.98 Å². The Morgan fingerprint density at radius 1 is 1.19 bits per heavy atom. The first kappa shape index (κ1) is 18.4. The summed E-state index contributed by atoms with van der Waals surface area (Å²) in [6, 6.07) is 10.6. The maximum Gasteiger partial charge on any atom is 0.255 e. The van der Waals surface area contributed by atoms with E-state index in [1.54, 1.807) is 41.4 Å². The largest absolute Gasteiger partial charge is 0.363 e. The second-order valence-electron chi connectivity index (χ2n) is 6.76. The molecule has 1 aromatic carbocycles. The lowest BCUT2D eigenvalue weighted by atomic mass is 9.90. The fraction of sp³-hybridized carbons (Fsp3) is 0.350. The maximum atomic E-state index is 12.8. The standard InChI is InChI=1S/C20H22ClN3O2/c1-23(2)18-9-8-15(12-22-18)20(26)24-10-4-6-16(13-24)19(25)14-5-3-7-17(21)11-14/h3,5,7-9,11-12,16H,4,6,10,13H2,1-2H3/t16-/m1/s1. The number of carbonyl (C=O) groups is 2. The number of nitrogens with zero attached hydrogens (tertiary/aromatic N) is 3. The molecule has 0 radical (unpaired) electrons. The lowest BCUT2D eigenvalue weighted by Gasteiger charge is -2.32. The summed E-state index contributed by atoms with van der Waals surface area (Å²) < 4.78 is 0. The van der Waals surface area contributed by atoms with Crippen molar-refractivity contribution in [1.82, 2.24) is 9.88 Å². The minimum atomic E-state index is -0.194. The second kappa shape index (κ2) is 7.87. The van der Waals surface area contributed by atoms with Crippen molar-refractivity contribution in [2.45, 2.75) is 12.8 Å². The van der Waals surface area contributed by atoms with Gasteiger partial charge in [0.25, 0.3) is 5.91 Å². The molecule has 0 bridgehead atoms. The van der Waals surface area contributed by atoms with Gasteiger partial charge in [-0.05, 0) is 37.1 Å². The molecular weight excluding hydrogens is 350 g/mol. The zero-order valence-electron chi connectivity index (χ0n) is 15.0. The number of aromatic nitrogens is 1. The molecule has 1 aliphatic rings. The van der Waals surface area contributed by atoms with Crippen LogP contribution in [0.5, 0.6) is 0 Å². The number of amides is 1. The number of ketones is 1. The van der Waals surface area contributed by atoms with E-state index >= 15 is 0 Å². The Morgan fingerprint density at radius 3 is 2.65 bits per heavy atom. The van der Waals surface area contributed by atoms with E-state index in [1.165, 1.54) is 0 Å². The van der Waals surface area contributed by atoms with Gasteiger partial charge >= 0.3 is 0 Å². The smallest absolute Gasteiger partial charge is 0.255 e. The number of hydrogen-bond donors (Lipinski definition) is 0. The number of piperidine rings is 1. The van der Waals surface area contributed by atoms with Crippen LogP contribution in [0.3, 0.4) is 0 Å². The molecule has 6 heteroatoms. The summed E-state index contributed by atoms with van der Waals surface area (Å²) >= 11 is 5.99. The number of halogens is 1. The number of likely N-dealkylation sites (tertiary alicyclic amines) is 1. The highest BCUT2D eigenvalue weighted by molar-refractivity contribution is 6.31. The summed E-state index contributed by atoms with van der Waals surface area (Å²) in [6.07, 6.45) is 3.19. The topological polar surface area (TPSA) is 53.5 Å². The molecule has 1 atom stereocenters. The molecule has 0 spiro atoms. The van der Waals surface area contributed by atoms with Gasteiger partial charge < -0.3 is 9.80 Å². The van der Waals surface area contributed by atoms with Gasteiger partial charge in [-0.2, -0.15) is 0 Å². The number of benzene rings is 1. The lowest BCUT2D eigenvalue weighted by Crippen LogP contribution is -2.42. The maximum absolute atomic E-state index is 12.8. The van der Waals surface area contributed by atoms with E-state index in [1.807, 2.05) is 25.1 Å². The monoisotopic (exact) mass is 371 g/mol. The van der Waals surface area contributed by atoms with Crippen molar-refractivity contribution < 1.29 is 9.59 Å². The first-order valence-electron chi connectivity index (χ1n) is 8.68. The van der Waals surface area contributed by atoms with Crippen molar-refractivity contribution >= 4 is 29.1 Å². The van der Waals surface area contributed by atoms with Crippen molar-refractivity contribution in [3.05, 3.63) is 58.7 Å². The molecule has 5 nitrogen and oxygen atoms in total. The third-order valence-corrected chi connectivity index (χ3v) is 4.88. The highest BCUT2D eigenvalue weighted by Crippen LogP contribution is 2.24. The Bertz CT molecular complexity index is 805. The number of Topliss-reactive ketones (excluding diaryl/α,β-unsaturated/α-hetero) is 1. The Hall–Kier alpha value is -2.40. The highest BCUT2D eigenvalue weighted by Gasteiger charge is 2.29. The SMILES string of the molecule is CN(C)c1ccc(C(=O)N2CCC[C@@H](C(=O)c3cccc(Cl)c3)C2)cn1. The Labute approximate surface area is 158 Å². The van der Waals surface area contributed by atoms with Crippen LogP contribution >= 0.6 is 11.6 Å².